The monoisotopic (exact) mass is 330 g/mol. The average Bonchev–Trinajstić information content (AvgIpc) is 2.69. The van der Waals surface area contributed by atoms with Crippen LogP contribution in [0.5, 0.6) is 0 Å². The molecule has 0 aliphatic heterocycles. The van der Waals surface area contributed by atoms with E-state index in [1.807, 2.05) is 38.1 Å². The summed E-state index contributed by atoms with van der Waals surface area (Å²) in [5.41, 5.74) is 2.41. The molecule has 0 spiro atoms. The van der Waals surface area contributed by atoms with Gasteiger partial charge in [-0.2, -0.15) is 0 Å². The first-order valence-electron chi connectivity index (χ1n) is 6.02. The summed E-state index contributed by atoms with van der Waals surface area (Å²) in [6, 6.07) is 7.36. The van der Waals surface area contributed by atoms with Crippen LogP contribution >= 0.6 is 22.9 Å². The van der Waals surface area contributed by atoms with Crippen LogP contribution in [0.3, 0.4) is 0 Å². The van der Waals surface area contributed by atoms with Gasteiger partial charge in [-0.25, -0.2) is 18.1 Å². The zero-order valence-corrected chi connectivity index (χ0v) is 13.7. The van der Waals surface area contributed by atoms with Gasteiger partial charge in [-0.05, 0) is 31.9 Å². The summed E-state index contributed by atoms with van der Waals surface area (Å²) in [5, 5.41) is 0. The summed E-state index contributed by atoms with van der Waals surface area (Å²) >= 11 is 6.73. The van der Waals surface area contributed by atoms with E-state index in [-0.39, 0.29) is 14.7 Å². The van der Waals surface area contributed by atoms with Gasteiger partial charge in [-0.3, -0.25) is 0 Å². The first kappa shape index (κ1) is 15.4. The van der Waals surface area contributed by atoms with Crippen LogP contribution in [0.4, 0.5) is 0 Å². The Morgan fingerprint density at radius 2 is 1.95 bits per heavy atom. The quantitative estimate of drug-likeness (QED) is 0.934. The maximum absolute atomic E-state index is 12.4. The summed E-state index contributed by atoms with van der Waals surface area (Å²) in [7, 11) is -3.61. The van der Waals surface area contributed by atoms with Crippen LogP contribution < -0.4 is 4.72 Å². The first-order chi connectivity index (χ1) is 9.31. The predicted octanol–water partition coefficient (Wildman–Crippen LogP) is 3.45. The Bertz CT molecular complexity index is 726. The molecule has 0 amide bonds. The van der Waals surface area contributed by atoms with Crippen LogP contribution in [0.15, 0.2) is 28.5 Å². The van der Waals surface area contributed by atoms with E-state index in [0.717, 1.165) is 22.5 Å². The van der Waals surface area contributed by atoms with Crippen LogP contribution in [0, 0.1) is 13.8 Å². The van der Waals surface area contributed by atoms with Crippen molar-refractivity contribution in [3.05, 3.63) is 45.6 Å². The first-order valence-corrected chi connectivity index (χ1v) is 8.70. The predicted molar refractivity (Wildman–Crippen MR) is 81.8 cm³/mol. The second kappa shape index (κ2) is 5.81. The van der Waals surface area contributed by atoms with Gasteiger partial charge in [0.15, 0.2) is 8.68 Å². The molecule has 0 bridgehead atoms. The maximum atomic E-state index is 12.4. The largest absolute Gasteiger partial charge is 0.252 e. The minimum Gasteiger partial charge on any atom is -0.229 e. The minimum absolute atomic E-state index is 0.169. The Morgan fingerprint density at radius 1 is 1.30 bits per heavy atom. The van der Waals surface area contributed by atoms with E-state index in [4.69, 9.17) is 11.6 Å². The van der Waals surface area contributed by atoms with Crippen molar-refractivity contribution in [2.24, 2.45) is 0 Å². The molecule has 20 heavy (non-hydrogen) atoms. The molecule has 1 atom stereocenters. The molecule has 0 aliphatic rings. The van der Waals surface area contributed by atoms with E-state index >= 15 is 0 Å². The summed E-state index contributed by atoms with van der Waals surface area (Å²) in [4.78, 5) is 3.94. The zero-order chi connectivity index (χ0) is 14.9. The summed E-state index contributed by atoms with van der Waals surface area (Å²) in [6.07, 6.45) is 0. The molecule has 1 aromatic heterocycles. The molecule has 0 saturated carbocycles. The third-order valence-corrected chi connectivity index (χ3v) is 6.37. The number of thiazole rings is 1. The van der Waals surface area contributed by atoms with Gasteiger partial charge in [0, 0.05) is 6.04 Å². The van der Waals surface area contributed by atoms with Crippen molar-refractivity contribution in [3.8, 4) is 0 Å². The SMILES string of the molecule is Cc1ccccc1C(C)NS(=O)(=O)c1sc(Cl)nc1C. The Balaban J connectivity index is 2.29. The lowest BCUT2D eigenvalue weighted by Gasteiger charge is -2.16. The van der Waals surface area contributed by atoms with Crippen molar-refractivity contribution in [2.75, 3.05) is 0 Å². The van der Waals surface area contributed by atoms with E-state index in [1.165, 1.54) is 0 Å². The van der Waals surface area contributed by atoms with Crippen molar-refractivity contribution in [1.29, 1.82) is 0 Å². The fourth-order valence-electron chi connectivity index (χ4n) is 2.02. The Morgan fingerprint density at radius 3 is 2.50 bits per heavy atom. The third kappa shape index (κ3) is 3.20. The molecular weight excluding hydrogens is 316 g/mol. The van der Waals surface area contributed by atoms with Crippen LogP contribution in [0.2, 0.25) is 4.47 Å². The van der Waals surface area contributed by atoms with Gasteiger partial charge in [0.25, 0.3) is 10.0 Å². The number of rotatable bonds is 4. The molecule has 1 aromatic carbocycles. The molecule has 7 heteroatoms. The standard InChI is InChI=1S/C13H15ClN2O2S2/c1-8-6-4-5-7-11(8)9(2)16-20(17,18)12-10(3)15-13(14)19-12/h4-7,9,16H,1-3H3. The number of sulfonamides is 1. The molecule has 0 fully saturated rings. The highest BCUT2D eigenvalue weighted by molar-refractivity contribution is 7.91. The minimum atomic E-state index is -3.61. The average molecular weight is 331 g/mol. The number of hydrogen-bond acceptors (Lipinski definition) is 4. The lowest BCUT2D eigenvalue weighted by Crippen LogP contribution is -2.27. The highest BCUT2D eigenvalue weighted by Gasteiger charge is 2.24. The molecule has 1 unspecified atom stereocenters. The van der Waals surface area contributed by atoms with Crippen molar-refractivity contribution < 1.29 is 8.42 Å². The van der Waals surface area contributed by atoms with Crippen molar-refractivity contribution >= 4 is 33.0 Å². The molecule has 108 valence electrons. The highest BCUT2D eigenvalue weighted by atomic mass is 35.5. The number of benzene rings is 1. The molecule has 0 radical (unpaired) electrons. The van der Waals surface area contributed by atoms with Crippen LogP contribution in [0.25, 0.3) is 0 Å². The number of nitrogens with zero attached hydrogens (tertiary/aromatic N) is 1. The van der Waals surface area contributed by atoms with Crippen molar-refractivity contribution in [1.82, 2.24) is 9.71 Å². The smallest absolute Gasteiger partial charge is 0.229 e. The van der Waals surface area contributed by atoms with Crippen LogP contribution in [-0.2, 0) is 10.0 Å². The molecule has 1 N–H and O–H groups in total. The number of hydrogen-bond donors (Lipinski definition) is 1. The molecule has 2 aromatic rings. The Hall–Kier alpha value is -0.950. The molecule has 0 saturated heterocycles. The van der Waals surface area contributed by atoms with E-state index in [9.17, 15) is 8.42 Å². The van der Waals surface area contributed by atoms with Crippen molar-refractivity contribution in [2.45, 2.75) is 31.0 Å². The molecule has 0 aliphatic carbocycles. The Labute approximate surface area is 127 Å². The number of nitrogens with one attached hydrogen (secondary N) is 1. The lowest BCUT2D eigenvalue weighted by atomic mass is 10.0. The summed E-state index contributed by atoms with van der Waals surface area (Å²) in [6.45, 7) is 5.40. The van der Waals surface area contributed by atoms with Crippen molar-refractivity contribution in [3.63, 3.8) is 0 Å². The molecule has 4 nitrogen and oxygen atoms in total. The number of halogens is 1. The fourth-order valence-corrected chi connectivity index (χ4v) is 5.00. The van der Waals surface area contributed by atoms with Gasteiger partial charge in [0.05, 0.1) is 5.69 Å². The van der Waals surface area contributed by atoms with E-state index in [2.05, 4.69) is 9.71 Å². The molecule has 1 heterocycles. The van der Waals surface area contributed by atoms with E-state index in [0.29, 0.717) is 5.69 Å². The third-order valence-electron chi connectivity index (χ3n) is 2.96. The number of aryl methyl sites for hydroxylation is 2. The maximum Gasteiger partial charge on any atom is 0.252 e. The van der Waals surface area contributed by atoms with Crippen LogP contribution in [0.1, 0.15) is 29.8 Å². The Kier molecular flexibility index (Phi) is 4.49. The highest BCUT2D eigenvalue weighted by Crippen LogP contribution is 2.28. The number of aromatic nitrogens is 1. The fraction of sp³-hybridized carbons (Fsp3) is 0.308. The summed E-state index contributed by atoms with van der Waals surface area (Å²) in [5.74, 6) is 0. The topological polar surface area (TPSA) is 59.1 Å². The second-order valence-electron chi connectivity index (χ2n) is 4.54. The second-order valence-corrected chi connectivity index (χ2v) is 8.03. The van der Waals surface area contributed by atoms with E-state index < -0.39 is 10.0 Å². The lowest BCUT2D eigenvalue weighted by molar-refractivity contribution is 0.568. The molecular formula is C13H15ClN2O2S2. The van der Waals surface area contributed by atoms with Gasteiger partial charge in [0.2, 0.25) is 0 Å². The molecule has 2 rings (SSSR count). The normalized spacial score (nSPS) is 13.4. The van der Waals surface area contributed by atoms with Gasteiger partial charge >= 0.3 is 0 Å². The van der Waals surface area contributed by atoms with Gasteiger partial charge < -0.3 is 0 Å². The zero-order valence-electron chi connectivity index (χ0n) is 11.3. The van der Waals surface area contributed by atoms with Gasteiger partial charge in [-0.15, -0.1) is 0 Å². The summed E-state index contributed by atoms with van der Waals surface area (Å²) < 4.78 is 27.8. The van der Waals surface area contributed by atoms with Gasteiger partial charge in [0.1, 0.15) is 0 Å². The van der Waals surface area contributed by atoms with E-state index in [1.54, 1.807) is 6.92 Å². The van der Waals surface area contributed by atoms with Gasteiger partial charge in [-0.1, -0.05) is 47.2 Å². The van der Waals surface area contributed by atoms with Crippen LogP contribution in [-0.4, -0.2) is 13.4 Å².